The Morgan fingerprint density at radius 2 is 2.09 bits per heavy atom. The molecule has 1 aliphatic rings. The Balaban J connectivity index is 0.00000259. The number of unbranched alkanes of at least 4 members (excludes halogenated alkanes) is 1. The summed E-state index contributed by atoms with van der Waals surface area (Å²) in [6.07, 6.45) is 5.15. The minimum Gasteiger partial charge on any atom is -0.396 e. The maximum Gasteiger partial charge on any atom is 0.228 e. The number of aliphatic hydroxyl groups excluding tert-OH is 2. The van der Waals surface area contributed by atoms with Gasteiger partial charge in [-0.3, -0.25) is 0 Å². The van der Waals surface area contributed by atoms with Crippen molar-refractivity contribution < 1.29 is 14.6 Å². The van der Waals surface area contributed by atoms with Crippen molar-refractivity contribution in [3.63, 3.8) is 0 Å². The summed E-state index contributed by atoms with van der Waals surface area (Å²) in [5.41, 5.74) is 3.22. The maximum absolute atomic E-state index is 15.2. The second kappa shape index (κ2) is 9.58. The Morgan fingerprint density at radius 3 is 2.85 bits per heavy atom. The average Bonchev–Trinajstić information content (AvgIpc) is 3.44. The highest BCUT2D eigenvalue weighted by Gasteiger charge is 2.29. The predicted octanol–water partition coefficient (Wildman–Crippen LogP) is 2.91. The molecule has 3 aromatic heterocycles. The summed E-state index contributed by atoms with van der Waals surface area (Å²) < 4.78 is 17.0. The number of H-pyrrole nitrogens is 1. The van der Waals surface area contributed by atoms with Gasteiger partial charge in [-0.2, -0.15) is 4.98 Å². The number of hydrogen-bond donors (Lipinski definition) is 3. The van der Waals surface area contributed by atoms with Crippen molar-refractivity contribution in [2.24, 2.45) is 5.92 Å². The first-order chi connectivity index (χ1) is 15.6. The topological polar surface area (TPSA) is 116 Å². The van der Waals surface area contributed by atoms with Gasteiger partial charge in [0, 0.05) is 37.7 Å². The number of aryl methyl sites for hydroxylation is 1. The molecular weight excluding hydrogens is 449 g/mol. The third-order valence-electron chi connectivity index (χ3n) is 6.20. The van der Waals surface area contributed by atoms with E-state index in [1.165, 1.54) is 12.4 Å². The van der Waals surface area contributed by atoms with Crippen LogP contribution < -0.4 is 4.90 Å². The van der Waals surface area contributed by atoms with Gasteiger partial charge >= 0.3 is 0 Å². The molecule has 0 aliphatic carbocycles. The molecule has 0 unspecified atom stereocenters. The van der Waals surface area contributed by atoms with Gasteiger partial charge in [-0.25, -0.2) is 19.3 Å². The van der Waals surface area contributed by atoms with Crippen molar-refractivity contribution in [1.29, 1.82) is 0 Å². The van der Waals surface area contributed by atoms with Crippen molar-refractivity contribution in [2.75, 3.05) is 24.6 Å². The van der Waals surface area contributed by atoms with Crippen molar-refractivity contribution in [3.05, 3.63) is 30.6 Å². The zero-order valence-corrected chi connectivity index (χ0v) is 19.1. The first-order valence-corrected chi connectivity index (χ1v) is 11.0. The number of β-amino-alcohol motifs (C(OH)–C–C–N with tert-alkyl or cyclic N) is 1. The first kappa shape index (κ1) is 23.3. The second-order valence-electron chi connectivity index (χ2n) is 8.33. The van der Waals surface area contributed by atoms with Gasteiger partial charge in [0.1, 0.15) is 22.5 Å². The lowest BCUT2D eigenvalue weighted by atomic mass is 9.95. The molecule has 4 aromatic rings. The molecule has 33 heavy (non-hydrogen) atoms. The number of halogens is 2. The van der Waals surface area contributed by atoms with Crippen molar-refractivity contribution in [2.45, 2.75) is 38.8 Å². The van der Waals surface area contributed by atoms with E-state index in [0.717, 1.165) is 19.4 Å². The Hall–Kier alpha value is -2.82. The predicted molar refractivity (Wildman–Crippen MR) is 126 cm³/mol. The highest BCUT2D eigenvalue weighted by atomic mass is 35.5. The molecule has 4 heterocycles. The third kappa shape index (κ3) is 4.25. The molecule has 11 heteroatoms. The SMILES string of the molecule is CCCCn1cnc2cc(-c3nc(N4CC[C@H](CO)[C@@H](O)C4)nc4[nH]cnc34)cc(F)c21.Cl. The number of rotatable bonds is 6. The fourth-order valence-corrected chi connectivity index (χ4v) is 4.33. The van der Waals surface area contributed by atoms with E-state index in [1.54, 1.807) is 6.33 Å². The lowest BCUT2D eigenvalue weighted by Gasteiger charge is -2.35. The van der Waals surface area contributed by atoms with E-state index in [0.29, 0.717) is 58.9 Å². The lowest BCUT2D eigenvalue weighted by Crippen LogP contribution is -2.45. The zero-order chi connectivity index (χ0) is 22.2. The zero-order valence-electron chi connectivity index (χ0n) is 18.3. The summed E-state index contributed by atoms with van der Waals surface area (Å²) in [6, 6.07) is 3.30. The van der Waals surface area contributed by atoms with E-state index in [9.17, 15) is 10.2 Å². The van der Waals surface area contributed by atoms with Crippen LogP contribution in [0, 0.1) is 11.7 Å². The summed E-state index contributed by atoms with van der Waals surface area (Å²) in [7, 11) is 0. The summed E-state index contributed by atoms with van der Waals surface area (Å²) in [6.45, 7) is 3.69. The van der Waals surface area contributed by atoms with Gasteiger partial charge in [0.2, 0.25) is 5.95 Å². The van der Waals surface area contributed by atoms with Crippen LogP contribution >= 0.6 is 12.4 Å². The van der Waals surface area contributed by atoms with Crippen LogP contribution in [0.5, 0.6) is 0 Å². The first-order valence-electron chi connectivity index (χ1n) is 11.0. The van der Waals surface area contributed by atoms with Gasteiger partial charge in [-0.05, 0) is 25.0 Å². The lowest BCUT2D eigenvalue weighted by molar-refractivity contribution is 0.0544. The number of piperidine rings is 1. The normalized spacial score (nSPS) is 18.7. The fourth-order valence-electron chi connectivity index (χ4n) is 4.33. The van der Waals surface area contributed by atoms with Crippen LogP contribution in [0.25, 0.3) is 33.5 Å². The van der Waals surface area contributed by atoms with Crippen LogP contribution in [0.15, 0.2) is 24.8 Å². The summed E-state index contributed by atoms with van der Waals surface area (Å²) in [4.78, 5) is 22.9. The molecule has 2 atom stereocenters. The fraction of sp³-hybridized carbons (Fsp3) is 0.455. The van der Waals surface area contributed by atoms with Crippen LogP contribution in [0.3, 0.4) is 0 Å². The van der Waals surface area contributed by atoms with E-state index >= 15 is 4.39 Å². The Kier molecular flexibility index (Phi) is 6.78. The Morgan fingerprint density at radius 1 is 1.24 bits per heavy atom. The third-order valence-corrected chi connectivity index (χ3v) is 6.20. The number of nitrogens with zero attached hydrogens (tertiary/aromatic N) is 6. The number of aliphatic hydroxyl groups is 2. The smallest absolute Gasteiger partial charge is 0.228 e. The summed E-state index contributed by atoms with van der Waals surface area (Å²) in [5.74, 6) is -0.0729. The number of anilines is 1. The van der Waals surface area contributed by atoms with Crippen LogP contribution in [0.2, 0.25) is 0 Å². The average molecular weight is 476 g/mol. The monoisotopic (exact) mass is 475 g/mol. The molecule has 0 amide bonds. The van der Waals surface area contributed by atoms with E-state index in [2.05, 4.69) is 26.9 Å². The molecule has 1 saturated heterocycles. The molecule has 9 nitrogen and oxygen atoms in total. The van der Waals surface area contributed by atoms with Crippen LogP contribution in [-0.4, -0.2) is 65.5 Å². The Bertz CT molecular complexity index is 1260. The summed E-state index contributed by atoms with van der Waals surface area (Å²) in [5, 5.41) is 19.8. The summed E-state index contributed by atoms with van der Waals surface area (Å²) >= 11 is 0. The standard InChI is InChI=1S/C22H26FN7O2.ClH/c1-2-3-5-30-12-26-16-8-14(7-15(23)20(16)30)18-19-21(25-11-24-19)28-22(27-18)29-6-4-13(10-31)17(32)9-29;/h7-8,11-13,17,31-32H,2-6,9-10H2,1H3,(H,24,25,27,28);1H/t13-,17+;/m1./s1. The van der Waals surface area contributed by atoms with Crippen LogP contribution in [0.1, 0.15) is 26.2 Å². The van der Waals surface area contributed by atoms with Gasteiger partial charge < -0.3 is 24.7 Å². The molecule has 0 bridgehead atoms. The van der Waals surface area contributed by atoms with Crippen molar-refractivity contribution in [1.82, 2.24) is 29.5 Å². The molecular formula is C22H27ClFN7O2. The van der Waals surface area contributed by atoms with Gasteiger partial charge in [-0.1, -0.05) is 13.3 Å². The van der Waals surface area contributed by atoms with E-state index in [-0.39, 0.29) is 30.7 Å². The van der Waals surface area contributed by atoms with Gasteiger partial charge in [0.25, 0.3) is 0 Å². The molecule has 1 fully saturated rings. The highest BCUT2D eigenvalue weighted by molar-refractivity contribution is 5.91. The molecule has 0 saturated carbocycles. The number of hydrogen-bond acceptors (Lipinski definition) is 7. The Labute approximate surface area is 196 Å². The van der Waals surface area contributed by atoms with E-state index in [4.69, 9.17) is 4.98 Å². The number of nitrogens with one attached hydrogen (secondary N) is 1. The molecule has 0 radical (unpaired) electrons. The quantitative estimate of drug-likeness (QED) is 0.392. The van der Waals surface area contributed by atoms with Crippen LogP contribution in [0.4, 0.5) is 10.3 Å². The number of aromatic nitrogens is 6. The van der Waals surface area contributed by atoms with Crippen molar-refractivity contribution in [3.8, 4) is 11.3 Å². The second-order valence-corrected chi connectivity index (χ2v) is 8.33. The number of fused-ring (bicyclic) bond motifs is 2. The van der Waals surface area contributed by atoms with Gasteiger partial charge in [0.05, 0.1) is 24.3 Å². The molecule has 1 aromatic carbocycles. The number of imidazole rings is 2. The van der Waals surface area contributed by atoms with Crippen LogP contribution in [-0.2, 0) is 6.54 Å². The molecule has 3 N–H and O–H groups in total. The minimum atomic E-state index is -0.667. The van der Waals surface area contributed by atoms with Gasteiger partial charge in [0.15, 0.2) is 5.65 Å². The maximum atomic E-state index is 15.2. The minimum absolute atomic E-state index is 0. The molecule has 176 valence electrons. The van der Waals surface area contributed by atoms with Gasteiger partial charge in [-0.15, -0.1) is 12.4 Å². The molecule has 0 spiro atoms. The van der Waals surface area contributed by atoms with E-state index < -0.39 is 6.10 Å². The van der Waals surface area contributed by atoms with E-state index in [1.807, 2.05) is 15.5 Å². The number of benzene rings is 1. The molecule has 5 rings (SSSR count). The molecule has 1 aliphatic heterocycles. The number of aromatic amines is 1. The highest BCUT2D eigenvalue weighted by Crippen LogP contribution is 2.31. The largest absolute Gasteiger partial charge is 0.396 e. The van der Waals surface area contributed by atoms with Crippen molar-refractivity contribution >= 4 is 40.6 Å².